The second-order valence-corrected chi connectivity index (χ2v) is 5.65. The predicted octanol–water partition coefficient (Wildman–Crippen LogP) is 1.96. The quantitative estimate of drug-likeness (QED) is 0.795. The van der Waals surface area contributed by atoms with E-state index >= 15 is 0 Å². The summed E-state index contributed by atoms with van der Waals surface area (Å²) in [7, 11) is 1.42. The highest BCUT2D eigenvalue weighted by Gasteiger charge is 2.43. The predicted molar refractivity (Wildman–Crippen MR) is 73.0 cm³/mol. The molecule has 0 spiro atoms. The van der Waals surface area contributed by atoms with Crippen molar-refractivity contribution in [1.29, 1.82) is 0 Å². The fraction of sp³-hybridized carbons (Fsp3) is 0.533. The Hall–Kier alpha value is -1.59. The molecule has 0 saturated carbocycles. The van der Waals surface area contributed by atoms with Crippen LogP contribution in [-0.4, -0.2) is 30.0 Å². The lowest BCUT2D eigenvalue weighted by Gasteiger charge is -2.47. The van der Waals surface area contributed by atoms with E-state index in [1.807, 2.05) is 24.3 Å². The standard InChI is InChI=1S/C15H19NO4/c1-15(18)8-7-10-9-12(14(17)19-2)11-5-3-4-6-13(11)16(10)20-15/h3-6,10,12,18H,7-9H2,1-2H3/t10-,12+,15+/m1/s1. The minimum atomic E-state index is -1.15. The summed E-state index contributed by atoms with van der Waals surface area (Å²) in [4.78, 5) is 17.7. The molecule has 2 aliphatic heterocycles. The van der Waals surface area contributed by atoms with Crippen LogP contribution in [0.2, 0.25) is 0 Å². The number of anilines is 1. The second kappa shape index (κ2) is 4.75. The minimum absolute atomic E-state index is 0.0919. The van der Waals surface area contributed by atoms with Gasteiger partial charge in [-0.2, -0.15) is 0 Å². The van der Waals surface area contributed by atoms with Crippen LogP contribution in [0.1, 0.15) is 37.7 Å². The smallest absolute Gasteiger partial charge is 0.313 e. The molecule has 0 aromatic heterocycles. The van der Waals surface area contributed by atoms with Crippen molar-refractivity contribution in [3.8, 4) is 0 Å². The van der Waals surface area contributed by atoms with Crippen molar-refractivity contribution >= 4 is 11.7 Å². The molecule has 0 unspecified atom stereocenters. The van der Waals surface area contributed by atoms with Crippen LogP contribution in [0.25, 0.3) is 0 Å². The summed E-state index contributed by atoms with van der Waals surface area (Å²) in [5.41, 5.74) is 1.74. The number of hydroxylamine groups is 1. The van der Waals surface area contributed by atoms with Crippen molar-refractivity contribution in [2.45, 2.75) is 43.9 Å². The van der Waals surface area contributed by atoms with Crippen LogP contribution in [0.15, 0.2) is 24.3 Å². The van der Waals surface area contributed by atoms with Gasteiger partial charge in [0.05, 0.1) is 24.8 Å². The Labute approximate surface area is 118 Å². The Morgan fingerprint density at radius 1 is 1.50 bits per heavy atom. The maximum absolute atomic E-state index is 12.0. The number of hydrogen-bond donors (Lipinski definition) is 1. The van der Waals surface area contributed by atoms with Gasteiger partial charge >= 0.3 is 5.97 Å². The average Bonchev–Trinajstić information content (AvgIpc) is 2.45. The van der Waals surface area contributed by atoms with E-state index in [4.69, 9.17) is 9.57 Å². The van der Waals surface area contributed by atoms with Gasteiger partial charge in [0, 0.05) is 6.42 Å². The SMILES string of the molecule is COC(=O)[C@H]1C[C@H]2CC[C@@](C)(O)ON2c2ccccc21. The number of nitrogens with zero attached hydrogens (tertiary/aromatic N) is 1. The first-order chi connectivity index (χ1) is 9.52. The molecule has 1 N–H and O–H groups in total. The normalized spacial score (nSPS) is 32.2. The zero-order valence-corrected chi connectivity index (χ0v) is 11.7. The van der Waals surface area contributed by atoms with Gasteiger partial charge in [-0.25, -0.2) is 9.90 Å². The molecular formula is C15H19NO4. The largest absolute Gasteiger partial charge is 0.469 e. The molecule has 2 aliphatic rings. The summed E-state index contributed by atoms with van der Waals surface area (Å²) in [5.74, 6) is -1.62. The molecule has 5 heteroatoms. The van der Waals surface area contributed by atoms with Gasteiger partial charge < -0.3 is 9.84 Å². The molecule has 0 radical (unpaired) electrons. The van der Waals surface area contributed by atoms with Gasteiger partial charge in [0.2, 0.25) is 0 Å². The first-order valence-corrected chi connectivity index (χ1v) is 6.89. The third kappa shape index (κ3) is 2.17. The fourth-order valence-electron chi connectivity index (χ4n) is 3.09. The zero-order valence-electron chi connectivity index (χ0n) is 11.7. The van der Waals surface area contributed by atoms with E-state index in [1.54, 1.807) is 12.0 Å². The van der Waals surface area contributed by atoms with Crippen LogP contribution in [0.5, 0.6) is 0 Å². The fourth-order valence-corrected chi connectivity index (χ4v) is 3.09. The highest BCUT2D eigenvalue weighted by atomic mass is 16.8. The number of fused-ring (bicyclic) bond motifs is 3. The van der Waals surface area contributed by atoms with E-state index in [-0.39, 0.29) is 17.9 Å². The lowest BCUT2D eigenvalue weighted by Crippen LogP contribution is -2.52. The van der Waals surface area contributed by atoms with Crippen molar-refractivity contribution < 1.29 is 19.5 Å². The number of hydrogen-bond acceptors (Lipinski definition) is 5. The molecule has 20 heavy (non-hydrogen) atoms. The Balaban J connectivity index is 2.01. The zero-order chi connectivity index (χ0) is 14.3. The third-order valence-corrected chi connectivity index (χ3v) is 4.11. The number of rotatable bonds is 1. The third-order valence-electron chi connectivity index (χ3n) is 4.11. The first kappa shape index (κ1) is 13.4. The molecule has 1 fully saturated rings. The highest BCUT2D eigenvalue weighted by molar-refractivity contribution is 5.82. The van der Waals surface area contributed by atoms with E-state index in [0.717, 1.165) is 17.7 Å². The molecule has 1 aromatic rings. The van der Waals surface area contributed by atoms with Crippen LogP contribution in [-0.2, 0) is 14.4 Å². The van der Waals surface area contributed by atoms with Crippen LogP contribution in [0.4, 0.5) is 5.69 Å². The van der Waals surface area contributed by atoms with Gasteiger partial charge in [-0.3, -0.25) is 4.79 Å². The molecule has 0 bridgehead atoms. The molecular weight excluding hydrogens is 258 g/mol. The number of methoxy groups -OCH3 is 1. The summed E-state index contributed by atoms with van der Waals surface area (Å²) >= 11 is 0. The Morgan fingerprint density at radius 2 is 2.25 bits per heavy atom. The van der Waals surface area contributed by atoms with Crippen molar-refractivity contribution in [2.75, 3.05) is 12.2 Å². The number of carbonyl (C=O) groups excluding carboxylic acids is 1. The number of carbonyl (C=O) groups is 1. The summed E-state index contributed by atoms with van der Waals surface area (Å²) in [6, 6.07) is 7.73. The van der Waals surface area contributed by atoms with Gasteiger partial charge in [-0.05, 0) is 31.4 Å². The second-order valence-electron chi connectivity index (χ2n) is 5.65. The Bertz CT molecular complexity index is 528. The summed E-state index contributed by atoms with van der Waals surface area (Å²) in [6.45, 7) is 1.66. The average molecular weight is 277 g/mol. The van der Waals surface area contributed by atoms with Crippen molar-refractivity contribution in [3.05, 3.63) is 29.8 Å². The number of aliphatic hydroxyl groups is 1. The molecule has 1 aromatic carbocycles. The number of benzene rings is 1. The van der Waals surface area contributed by atoms with Crippen LogP contribution in [0, 0.1) is 0 Å². The summed E-state index contributed by atoms with van der Waals surface area (Å²) in [6.07, 6.45) is 2.00. The summed E-state index contributed by atoms with van der Waals surface area (Å²) in [5, 5.41) is 11.9. The van der Waals surface area contributed by atoms with Crippen molar-refractivity contribution in [3.63, 3.8) is 0 Å². The molecule has 5 nitrogen and oxygen atoms in total. The topological polar surface area (TPSA) is 59.0 Å². The molecule has 1 saturated heterocycles. The number of para-hydroxylation sites is 1. The molecule has 3 atom stereocenters. The summed E-state index contributed by atoms with van der Waals surface area (Å²) < 4.78 is 4.92. The first-order valence-electron chi connectivity index (χ1n) is 6.89. The number of esters is 1. The maximum atomic E-state index is 12.0. The highest BCUT2D eigenvalue weighted by Crippen LogP contribution is 2.44. The van der Waals surface area contributed by atoms with Gasteiger partial charge in [0.1, 0.15) is 0 Å². The van der Waals surface area contributed by atoms with Crippen molar-refractivity contribution in [1.82, 2.24) is 0 Å². The van der Waals surface area contributed by atoms with Gasteiger partial charge in [0.15, 0.2) is 5.79 Å². The lowest BCUT2D eigenvalue weighted by molar-refractivity contribution is -0.229. The van der Waals surface area contributed by atoms with Crippen LogP contribution < -0.4 is 5.06 Å². The minimum Gasteiger partial charge on any atom is -0.469 e. The van der Waals surface area contributed by atoms with E-state index in [9.17, 15) is 9.90 Å². The Morgan fingerprint density at radius 3 is 3.00 bits per heavy atom. The van der Waals surface area contributed by atoms with Crippen molar-refractivity contribution in [2.24, 2.45) is 0 Å². The van der Waals surface area contributed by atoms with E-state index in [2.05, 4.69) is 0 Å². The Kier molecular flexibility index (Phi) is 3.18. The van der Waals surface area contributed by atoms with Crippen LogP contribution in [0.3, 0.4) is 0 Å². The molecule has 0 amide bonds. The van der Waals surface area contributed by atoms with Gasteiger partial charge in [-0.1, -0.05) is 18.2 Å². The molecule has 0 aliphatic carbocycles. The molecule has 2 heterocycles. The van der Waals surface area contributed by atoms with E-state index in [0.29, 0.717) is 12.8 Å². The maximum Gasteiger partial charge on any atom is 0.313 e. The number of ether oxygens (including phenoxy) is 1. The molecule has 108 valence electrons. The monoisotopic (exact) mass is 277 g/mol. The lowest BCUT2D eigenvalue weighted by atomic mass is 9.84. The van der Waals surface area contributed by atoms with Gasteiger partial charge in [0.25, 0.3) is 0 Å². The van der Waals surface area contributed by atoms with Crippen LogP contribution >= 0.6 is 0 Å². The van der Waals surface area contributed by atoms with Gasteiger partial charge in [-0.15, -0.1) is 0 Å². The van der Waals surface area contributed by atoms with E-state index < -0.39 is 5.79 Å². The van der Waals surface area contributed by atoms with E-state index in [1.165, 1.54) is 7.11 Å². The molecule has 3 rings (SSSR count).